The number of rotatable bonds is 24. The number of hydrogen-bond acceptors (Lipinski definition) is 9. The molecule has 63 heavy (non-hydrogen) atoms. The van der Waals surface area contributed by atoms with E-state index < -0.39 is 72.0 Å². The monoisotopic (exact) mass is 883 g/mol. The number of benzene rings is 2. The Morgan fingerprint density at radius 1 is 0.857 bits per heavy atom. The molecule has 0 bridgehead atoms. The molecule has 0 radical (unpaired) electrons. The minimum atomic E-state index is -1.27. The molecule has 1 heterocycles. The van der Waals surface area contributed by atoms with Crippen molar-refractivity contribution in [3.63, 3.8) is 0 Å². The Balaban J connectivity index is 1.77. The van der Waals surface area contributed by atoms with Crippen LogP contribution in [0.2, 0.25) is 0 Å². The van der Waals surface area contributed by atoms with E-state index in [9.17, 15) is 38.3 Å². The van der Waals surface area contributed by atoms with Crippen molar-refractivity contribution >= 4 is 35.6 Å². The Hall–Kier alpha value is -4.89. The van der Waals surface area contributed by atoms with E-state index in [1.54, 1.807) is 23.8 Å². The van der Waals surface area contributed by atoms with Crippen molar-refractivity contribution in [2.24, 2.45) is 29.6 Å². The number of ketones is 1. The number of nitrogens with one attached hydrogen (secondary N) is 1. The Morgan fingerprint density at radius 3 is 2.03 bits per heavy atom. The summed E-state index contributed by atoms with van der Waals surface area (Å²) in [4.78, 5) is 86.4. The van der Waals surface area contributed by atoms with Crippen LogP contribution in [0.1, 0.15) is 91.7 Å². The highest BCUT2D eigenvalue weighted by atomic mass is 19.1. The number of nitrogens with zero attached hydrogens (tertiary/aromatic N) is 3. The van der Waals surface area contributed by atoms with E-state index in [0.29, 0.717) is 31.4 Å². The van der Waals surface area contributed by atoms with Gasteiger partial charge in [0.15, 0.2) is 5.78 Å². The number of ether oxygens (including phenoxy) is 3. The maximum absolute atomic E-state index is 14.6. The normalized spacial score (nSPS) is 17.8. The second-order valence-electron chi connectivity index (χ2n) is 17.7. The maximum Gasteiger partial charge on any atom is 0.410 e. The van der Waals surface area contributed by atoms with Crippen molar-refractivity contribution in [1.29, 1.82) is 0 Å². The van der Waals surface area contributed by atoms with Crippen molar-refractivity contribution in [2.75, 3.05) is 34.9 Å². The predicted octanol–water partition coefficient (Wildman–Crippen LogP) is 6.38. The molecule has 0 unspecified atom stereocenters. The highest BCUT2D eigenvalue weighted by Gasteiger charge is 2.44. The lowest BCUT2D eigenvalue weighted by molar-refractivity contribution is -0.149. The number of halogens is 1. The van der Waals surface area contributed by atoms with Gasteiger partial charge in [-0.05, 0) is 53.9 Å². The number of carbonyl (C=O) groups is 6. The van der Waals surface area contributed by atoms with E-state index in [4.69, 9.17) is 14.2 Å². The first kappa shape index (κ1) is 52.5. The number of Topliss-reactive ketones (excluding diaryl/α,β-unsaturated/α-hetero) is 1. The van der Waals surface area contributed by atoms with Gasteiger partial charge in [0.1, 0.15) is 18.5 Å². The topological polar surface area (TPSA) is 172 Å². The first-order valence-corrected chi connectivity index (χ1v) is 22.1. The van der Waals surface area contributed by atoms with Gasteiger partial charge < -0.3 is 39.3 Å². The zero-order valence-corrected chi connectivity index (χ0v) is 39.0. The molecule has 1 saturated heterocycles. The third-order valence-corrected chi connectivity index (χ3v) is 12.6. The Kier molecular flexibility index (Phi) is 20.7. The van der Waals surface area contributed by atoms with Crippen LogP contribution < -0.4 is 5.32 Å². The summed E-state index contributed by atoms with van der Waals surface area (Å²) >= 11 is 0. The van der Waals surface area contributed by atoms with Gasteiger partial charge in [0.05, 0.1) is 42.7 Å². The van der Waals surface area contributed by atoms with Crippen molar-refractivity contribution < 1.29 is 52.5 Å². The van der Waals surface area contributed by atoms with Crippen LogP contribution in [-0.4, -0.2) is 127 Å². The average Bonchev–Trinajstić information content (AvgIpc) is 3.74. The summed E-state index contributed by atoms with van der Waals surface area (Å²) in [7, 11) is 6.18. The van der Waals surface area contributed by atoms with Crippen LogP contribution in [0.5, 0.6) is 0 Å². The van der Waals surface area contributed by atoms with Crippen molar-refractivity contribution in [3.05, 3.63) is 71.5 Å². The van der Waals surface area contributed by atoms with Crippen LogP contribution in [0.4, 0.5) is 9.18 Å². The summed E-state index contributed by atoms with van der Waals surface area (Å²) in [5.41, 5.74) is 1.35. The zero-order chi connectivity index (χ0) is 47.1. The number of likely N-dealkylation sites (N-methyl/N-ethyl adjacent to an activating group) is 2. The van der Waals surface area contributed by atoms with Crippen LogP contribution in [0.15, 0.2) is 54.6 Å². The van der Waals surface area contributed by atoms with Gasteiger partial charge in [-0.3, -0.25) is 19.2 Å². The molecule has 3 rings (SSSR count). The number of likely N-dealkylation sites (tertiary alicyclic amines) is 1. The fourth-order valence-electron chi connectivity index (χ4n) is 8.84. The second-order valence-corrected chi connectivity index (χ2v) is 17.7. The third kappa shape index (κ3) is 14.3. The minimum absolute atomic E-state index is 0.0531. The van der Waals surface area contributed by atoms with Gasteiger partial charge in [-0.1, -0.05) is 97.4 Å². The standard InChI is InChI=1S/C48H71FN4O10/c1-12-31(6)43(51(8)46(57)36(29(2)3)26-39(54)42(30(4)5)52(9)48(60)63-28-34-17-14-13-15-18-34)40(61-10)27-41(55)53-24-16-19-38(53)44(62-11)32(7)45(56)50-37(47(58)59)25-33-20-22-35(49)23-21-33/h13-15,17-18,20-23,29-32,36-38,40,42-44H,12,16,19,24-28H2,1-11H3,(H,50,56)(H,58,59)/t31-,32+,36-,37-,38-,40+,42-,43-,44+/m0/s1. The molecule has 350 valence electrons. The van der Waals surface area contributed by atoms with Gasteiger partial charge in [-0.25, -0.2) is 14.0 Å². The number of methoxy groups -OCH3 is 2. The van der Waals surface area contributed by atoms with Crippen molar-refractivity contribution in [2.45, 2.75) is 130 Å². The van der Waals surface area contributed by atoms with E-state index in [1.807, 2.05) is 71.9 Å². The van der Waals surface area contributed by atoms with E-state index in [2.05, 4.69) is 5.32 Å². The van der Waals surface area contributed by atoms with Gasteiger partial charge >= 0.3 is 12.1 Å². The molecule has 14 nitrogen and oxygen atoms in total. The van der Waals surface area contributed by atoms with Crippen LogP contribution in [0, 0.1) is 35.4 Å². The number of amides is 4. The van der Waals surface area contributed by atoms with E-state index in [1.165, 1.54) is 50.4 Å². The van der Waals surface area contributed by atoms with Crippen molar-refractivity contribution in [1.82, 2.24) is 20.0 Å². The van der Waals surface area contributed by atoms with Gasteiger partial charge in [0, 0.05) is 53.6 Å². The van der Waals surface area contributed by atoms with Gasteiger partial charge in [0.2, 0.25) is 17.7 Å². The van der Waals surface area contributed by atoms with Crippen LogP contribution >= 0.6 is 0 Å². The quantitative estimate of drug-likeness (QED) is 0.121. The fourth-order valence-corrected chi connectivity index (χ4v) is 8.84. The number of carbonyl (C=O) groups excluding carboxylic acids is 5. The largest absolute Gasteiger partial charge is 0.480 e. The molecule has 2 aromatic carbocycles. The summed E-state index contributed by atoms with van der Waals surface area (Å²) < 4.78 is 30.9. The first-order valence-electron chi connectivity index (χ1n) is 22.1. The third-order valence-electron chi connectivity index (χ3n) is 12.6. The Morgan fingerprint density at radius 2 is 1.49 bits per heavy atom. The number of carboxylic acid groups (broad SMARTS) is 1. The molecule has 15 heteroatoms. The Labute approximate surface area is 373 Å². The average molecular weight is 883 g/mol. The smallest absolute Gasteiger partial charge is 0.410 e. The number of carboxylic acids is 1. The molecule has 0 aromatic heterocycles. The second kappa shape index (κ2) is 24.8. The molecule has 4 amide bonds. The van der Waals surface area contributed by atoms with Gasteiger partial charge in [-0.15, -0.1) is 0 Å². The highest BCUT2D eigenvalue weighted by Crippen LogP contribution is 2.31. The van der Waals surface area contributed by atoms with E-state index in [-0.39, 0.29) is 61.2 Å². The molecule has 0 spiro atoms. The molecular formula is C48H71FN4O10. The molecule has 0 aliphatic carbocycles. The molecule has 2 N–H and O–H groups in total. The molecule has 1 fully saturated rings. The minimum Gasteiger partial charge on any atom is -0.480 e. The molecular weight excluding hydrogens is 812 g/mol. The molecule has 9 atom stereocenters. The van der Waals surface area contributed by atoms with Gasteiger partial charge in [-0.2, -0.15) is 0 Å². The lowest BCUT2D eigenvalue weighted by Crippen LogP contribution is -2.55. The predicted molar refractivity (Wildman–Crippen MR) is 237 cm³/mol. The summed E-state index contributed by atoms with van der Waals surface area (Å²) in [5.74, 6) is -5.23. The summed E-state index contributed by atoms with van der Waals surface area (Å²) in [6.45, 7) is 13.5. The molecule has 1 aliphatic heterocycles. The maximum atomic E-state index is 14.6. The summed E-state index contributed by atoms with van der Waals surface area (Å²) in [5, 5.41) is 12.5. The lowest BCUT2D eigenvalue weighted by Gasteiger charge is -2.41. The molecule has 2 aromatic rings. The number of hydrogen-bond donors (Lipinski definition) is 2. The fraction of sp³-hybridized carbons (Fsp3) is 0.625. The highest BCUT2D eigenvalue weighted by molar-refractivity contribution is 5.92. The zero-order valence-electron chi connectivity index (χ0n) is 39.0. The van der Waals surface area contributed by atoms with Crippen LogP contribution in [0.3, 0.4) is 0 Å². The van der Waals surface area contributed by atoms with E-state index in [0.717, 1.165) is 5.56 Å². The summed E-state index contributed by atoms with van der Waals surface area (Å²) in [6.07, 6.45) is -0.515. The number of aliphatic carboxylic acids is 1. The van der Waals surface area contributed by atoms with Crippen LogP contribution in [-0.2, 0) is 51.2 Å². The molecule has 0 saturated carbocycles. The van der Waals surface area contributed by atoms with Gasteiger partial charge in [0.25, 0.3) is 0 Å². The Bertz CT molecular complexity index is 1810. The first-order chi connectivity index (χ1) is 29.8. The lowest BCUT2D eigenvalue weighted by atomic mass is 9.83. The molecule has 1 aliphatic rings. The van der Waals surface area contributed by atoms with Crippen LogP contribution in [0.25, 0.3) is 0 Å². The SMILES string of the molecule is CC[C@H](C)[C@@H]([C@@H](CC(=O)N1CCC[C@H]1[C@H](OC)[C@@H](C)C(=O)N[C@@H](Cc1ccc(F)cc1)C(=O)O)OC)N(C)C(=O)[C@@H](CC(=O)[C@H](C(C)C)N(C)C(=O)OCc1ccccc1)C(C)C. The van der Waals surface area contributed by atoms with Crippen molar-refractivity contribution in [3.8, 4) is 0 Å². The van der Waals surface area contributed by atoms with E-state index >= 15 is 0 Å². The summed E-state index contributed by atoms with van der Waals surface area (Å²) in [6, 6.07) is 11.5.